The molecule has 20 heavy (non-hydrogen) atoms. The lowest BCUT2D eigenvalue weighted by atomic mass is 10.0. The van der Waals surface area contributed by atoms with Gasteiger partial charge in [0, 0.05) is 23.5 Å². The zero-order valence-corrected chi connectivity index (χ0v) is 12.9. The van der Waals surface area contributed by atoms with Gasteiger partial charge in [-0.15, -0.1) is 0 Å². The fraction of sp³-hybridized carbons (Fsp3) is 0.533. The minimum Gasteiger partial charge on any atom is -0.378 e. The monoisotopic (exact) mass is 338 g/mol. The van der Waals surface area contributed by atoms with Gasteiger partial charge in [-0.2, -0.15) is 0 Å². The van der Waals surface area contributed by atoms with E-state index in [0.717, 1.165) is 30.5 Å². The van der Waals surface area contributed by atoms with Crippen LogP contribution in [-0.2, 0) is 15.1 Å². The van der Waals surface area contributed by atoms with Crippen molar-refractivity contribution in [3.63, 3.8) is 0 Å². The van der Waals surface area contributed by atoms with Crippen LogP contribution in [0.4, 0.5) is 0 Å². The molecular weight excluding hydrogens is 320 g/mol. The first-order chi connectivity index (χ1) is 9.68. The molecule has 1 aliphatic carbocycles. The summed E-state index contributed by atoms with van der Waals surface area (Å²) >= 11 is 3.44. The summed E-state index contributed by atoms with van der Waals surface area (Å²) in [6.07, 6.45) is 2.53. The van der Waals surface area contributed by atoms with Gasteiger partial charge in [0.15, 0.2) is 0 Å². The van der Waals surface area contributed by atoms with Crippen LogP contribution in [0.25, 0.3) is 0 Å². The van der Waals surface area contributed by atoms with Gasteiger partial charge >= 0.3 is 0 Å². The topological polar surface area (TPSA) is 50.4 Å². The summed E-state index contributed by atoms with van der Waals surface area (Å²) in [4.78, 5) is 12.2. The summed E-state index contributed by atoms with van der Waals surface area (Å²) in [6, 6.07) is 8.36. The number of rotatable bonds is 4. The molecule has 2 aliphatic rings. The second-order valence-corrected chi connectivity index (χ2v) is 6.48. The van der Waals surface area contributed by atoms with Gasteiger partial charge in [0.05, 0.1) is 18.8 Å². The number of hydrogen-bond donors (Lipinski definition) is 2. The predicted molar refractivity (Wildman–Crippen MR) is 80.4 cm³/mol. The number of benzene rings is 1. The number of carbonyl (C=O) groups excluding carboxylic acids is 1. The summed E-state index contributed by atoms with van der Waals surface area (Å²) in [5.41, 5.74) is 1.06. The lowest BCUT2D eigenvalue weighted by molar-refractivity contribution is -0.123. The molecule has 0 aromatic heterocycles. The number of halogens is 1. The smallest absolute Gasteiger partial charge is 0.222 e. The van der Waals surface area contributed by atoms with Crippen LogP contribution in [0.2, 0.25) is 0 Å². The van der Waals surface area contributed by atoms with Crippen molar-refractivity contribution in [1.29, 1.82) is 0 Å². The lowest BCUT2D eigenvalue weighted by Crippen LogP contribution is -2.45. The van der Waals surface area contributed by atoms with Gasteiger partial charge in [-0.25, -0.2) is 0 Å². The molecule has 4 nitrogen and oxygen atoms in total. The van der Waals surface area contributed by atoms with Gasteiger partial charge in [0.2, 0.25) is 5.91 Å². The minimum atomic E-state index is -0.132. The summed E-state index contributed by atoms with van der Waals surface area (Å²) in [5.74, 6) is 0.105. The van der Waals surface area contributed by atoms with E-state index in [9.17, 15) is 4.79 Å². The van der Waals surface area contributed by atoms with Crippen LogP contribution in [0.3, 0.4) is 0 Å². The highest BCUT2D eigenvalue weighted by Crippen LogP contribution is 2.45. The molecule has 1 atom stereocenters. The molecule has 0 bridgehead atoms. The van der Waals surface area contributed by atoms with Gasteiger partial charge in [-0.3, -0.25) is 4.79 Å². The number of ether oxygens (including phenoxy) is 1. The van der Waals surface area contributed by atoms with Crippen molar-refractivity contribution in [2.45, 2.75) is 30.8 Å². The normalized spacial score (nSPS) is 24.1. The molecule has 1 unspecified atom stereocenters. The molecule has 1 saturated heterocycles. The quantitative estimate of drug-likeness (QED) is 0.881. The summed E-state index contributed by atoms with van der Waals surface area (Å²) in [7, 11) is 0. The zero-order valence-electron chi connectivity index (χ0n) is 11.3. The lowest BCUT2D eigenvalue weighted by Gasteiger charge is -2.25. The Morgan fingerprint density at radius 1 is 1.40 bits per heavy atom. The first-order valence-corrected chi connectivity index (χ1v) is 7.85. The van der Waals surface area contributed by atoms with Crippen LogP contribution in [0, 0.1) is 0 Å². The standard InChI is InChI=1S/C15H19BrN2O2/c16-12-3-1-11(2-4-12)15(5-6-15)18-14(19)9-13-10-20-8-7-17-13/h1-4,13,17H,5-10H2,(H,18,19). The number of nitrogens with one attached hydrogen (secondary N) is 2. The van der Waals surface area contributed by atoms with Crippen LogP contribution in [0.5, 0.6) is 0 Å². The van der Waals surface area contributed by atoms with Gasteiger partial charge in [0.25, 0.3) is 0 Å². The summed E-state index contributed by atoms with van der Waals surface area (Å²) in [5, 5.41) is 6.51. The van der Waals surface area contributed by atoms with Crippen molar-refractivity contribution in [3.05, 3.63) is 34.3 Å². The van der Waals surface area contributed by atoms with Crippen molar-refractivity contribution >= 4 is 21.8 Å². The molecule has 1 saturated carbocycles. The molecule has 1 aromatic carbocycles. The molecule has 2 fully saturated rings. The van der Waals surface area contributed by atoms with E-state index in [1.54, 1.807) is 0 Å². The Balaban J connectivity index is 1.59. The molecule has 1 aromatic rings. The minimum absolute atomic E-state index is 0.105. The average Bonchev–Trinajstić information content (AvgIpc) is 3.21. The average molecular weight is 339 g/mol. The molecule has 0 radical (unpaired) electrons. The van der Waals surface area contributed by atoms with Crippen LogP contribution >= 0.6 is 15.9 Å². The fourth-order valence-electron chi connectivity index (χ4n) is 2.67. The van der Waals surface area contributed by atoms with E-state index in [4.69, 9.17) is 4.74 Å². The maximum absolute atomic E-state index is 12.2. The largest absolute Gasteiger partial charge is 0.378 e. The molecule has 0 spiro atoms. The number of amides is 1. The third-order valence-corrected chi connectivity index (χ3v) is 4.48. The van der Waals surface area contributed by atoms with E-state index in [1.807, 2.05) is 12.1 Å². The van der Waals surface area contributed by atoms with E-state index in [0.29, 0.717) is 13.0 Å². The Morgan fingerprint density at radius 2 is 2.15 bits per heavy atom. The number of hydrogen-bond acceptors (Lipinski definition) is 3. The highest BCUT2D eigenvalue weighted by atomic mass is 79.9. The van der Waals surface area contributed by atoms with Gasteiger partial charge in [-0.1, -0.05) is 28.1 Å². The third-order valence-electron chi connectivity index (χ3n) is 3.96. The maximum atomic E-state index is 12.2. The Bertz CT molecular complexity index is 479. The van der Waals surface area contributed by atoms with E-state index in [-0.39, 0.29) is 17.5 Å². The third kappa shape index (κ3) is 3.22. The van der Waals surface area contributed by atoms with Crippen molar-refractivity contribution < 1.29 is 9.53 Å². The summed E-state index contributed by atoms with van der Waals surface area (Å²) < 4.78 is 6.44. The van der Waals surface area contributed by atoms with Crippen LogP contribution in [-0.4, -0.2) is 31.7 Å². The summed E-state index contributed by atoms with van der Waals surface area (Å²) in [6.45, 7) is 2.19. The Kier molecular flexibility index (Phi) is 4.10. The molecule has 1 aliphatic heterocycles. The SMILES string of the molecule is O=C(CC1COCCN1)NC1(c2ccc(Br)cc2)CC1. The number of morpholine rings is 1. The highest BCUT2D eigenvalue weighted by molar-refractivity contribution is 9.10. The Labute approximate surface area is 127 Å². The molecule has 1 amide bonds. The molecule has 3 rings (SSSR count). The van der Waals surface area contributed by atoms with E-state index in [2.05, 4.69) is 38.7 Å². The number of carbonyl (C=O) groups is 1. The van der Waals surface area contributed by atoms with Crippen LogP contribution in [0.15, 0.2) is 28.7 Å². The van der Waals surface area contributed by atoms with Crippen molar-refractivity contribution in [3.8, 4) is 0 Å². The second kappa shape index (κ2) is 5.84. The van der Waals surface area contributed by atoms with Crippen molar-refractivity contribution in [2.24, 2.45) is 0 Å². The Morgan fingerprint density at radius 3 is 2.75 bits per heavy atom. The molecule has 2 N–H and O–H groups in total. The first kappa shape index (κ1) is 14.0. The van der Waals surface area contributed by atoms with Gasteiger partial charge < -0.3 is 15.4 Å². The predicted octanol–water partition coefficient (Wildman–Crippen LogP) is 1.93. The molecule has 1 heterocycles. The molecular formula is C15H19BrN2O2. The van der Waals surface area contributed by atoms with Gasteiger partial charge in [-0.05, 0) is 30.5 Å². The maximum Gasteiger partial charge on any atom is 0.222 e. The highest BCUT2D eigenvalue weighted by Gasteiger charge is 2.45. The first-order valence-electron chi connectivity index (χ1n) is 7.06. The van der Waals surface area contributed by atoms with Gasteiger partial charge in [0.1, 0.15) is 0 Å². The van der Waals surface area contributed by atoms with Crippen LogP contribution in [0.1, 0.15) is 24.8 Å². The van der Waals surface area contributed by atoms with E-state index in [1.165, 1.54) is 5.56 Å². The molecule has 108 valence electrons. The van der Waals surface area contributed by atoms with Crippen molar-refractivity contribution in [2.75, 3.05) is 19.8 Å². The molecule has 5 heteroatoms. The van der Waals surface area contributed by atoms with Crippen LogP contribution < -0.4 is 10.6 Å². The zero-order chi connectivity index (χ0) is 14.0. The van der Waals surface area contributed by atoms with Crippen molar-refractivity contribution in [1.82, 2.24) is 10.6 Å². The van der Waals surface area contributed by atoms with E-state index >= 15 is 0 Å². The second-order valence-electron chi connectivity index (χ2n) is 5.57. The van der Waals surface area contributed by atoms with E-state index < -0.39 is 0 Å². The Hall–Kier alpha value is -0.910. The fourth-order valence-corrected chi connectivity index (χ4v) is 2.94.